The van der Waals surface area contributed by atoms with Crippen molar-refractivity contribution in [3.63, 3.8) is 0 Å². The first-order valence-corrected chi connectivity index (χ1v) is 9.26. The molecule has 0 bridgehead atoms. The third-order valence-electron chi connectivity index (χ3n) is 4.75. The van der Waals surface area contributed by atoms with E-state index in [0.29, 0.717) is 5.76 Å². The fourth-order valence-corrected chi connectivity index (χ4v) is 3.21. The molecule has 1 aliphatic heterocycles. The minimum atomic E-state index is -0.305. The molecule has 1 aliphatic rings. The molecule has 3 rings (SSSR count). The Balaban J connectivity index is 1.55. The Kier molecular flexibility index (Phi) is 5.84. The molecule has 1 fully saturated rings. The van der Waals surface area contributed by atoms with Gasteiger partial charge in [-0.1, -0.05) is 17.7 Å². The van der Waals surface area contributed by atoms with Crippen molar-refractivity contribution in [1.82, 2.24) is 9.80 Å². The second kappa shape index (κ2) is 8.29. The number of rotatable bonds is 6. The molecule has 0 atom stereocenters. The highest BCUT2D eigenvalue weighted by atomic mass is 16.5. The number of likely N-dealkylation sites (N-methyl/N-ethyl adjacent to an activating group) is 1. The minimum Gasteiger partial charge on any atom is -0.485 e. The van der Waals surface area contributed by atoms with Crippen molar-refractivity contribution in [1.29, 1.82) is 0 Å². The summed E-state index contributed by atoms with van der Waals surface area (Å²) >= 11 is 0. The van der Waals surface area contributed by atoms with E-state index in [9.17, 15) is 9.59 Å². The van der Waals surface area contributed by atoms with Crippen LogP contribution >= 0.6 is 0 Å². The predicted octanol–water partition coefficient (Wildman–Crippen LogP) is 3.17. The summed E-state index contributed by atoms with van der Waals surface area (Å²) in [5, 5.41) is 0. The van der Waals surface area contributed by atoms with E-state index in [0.717, 1.165) is 37.2 Å². The van der Waals surface area contributed by atoms with Crippen LogP contribution in [0.4, 0.5) is 0 Å². The van der Waals surface area contributed by atoms with Gasteiger partial charge in [0.2, 0.25) is 5.91 Å². The van der Waals surface area contributed by atoms with Gasteiger partial charge in [0.25, 0.3) is 5.91 Å². The van der Waals surface area contributed by atoms with Crippen molar-refractivity contribution in [3.05, 3.63) is 53.0 Å². The number of carbonyl (C=O) groups excluding carboxylic acids is 2. The van der Waals surface area contributed by atoms with Gasteiger partial charge in [-0.3, -0.25) is 9.59 Å². The maximum atomic E-state index is 12.5. The number of nitrogens with zero attached hydrogens (tertiary/aromatic N) is 2. The molecule has 6 heteroatoms. The number of aryl methyl sites for hydroxylation is 2. The Morgan fingerprint density at radius 3 is 2.59 bits per heavy atom. The molecule has 6 nitrogen and oxygen atoms in total. The van der Waals surface area contributed by atoms with Crippen molar-refractivity contribution in [2.45, 2.75) is 33.3 Å². The number of hydrogen-bond donors (Lipinski definition) is 0. The summed E-state index contributed by atoms with van der Waals surface area (Å²) in [4.78, 5) is 27.9. The molecule has 2 heterocycles. The van der Waals surface area contributed by atoms with Crippen LogP contribution in [0.5, 0.6) is 5.75 Å². The molecule has 0 N–H and O–H groups in total. The second-order valence-corrected chi connectivity index (χ2v) is 7.07. The number of amides is 2. The molecule has 0 aliphatic carbocycles. The van der Waals surface area contributed by atoms with Crippen LogP contribution in [0.25, 0.3) is 0 Å². The van der Waals surface area contributed by atoms with Crippen LogP contribution < -0.4 is 4.74 Å². The molecule has 1 aromatic carbocycles. The van der Waals surface area contributed by atoms with Crippen LogP contribution in [0.2, 0.25) is 0 Å². The van der Waals surface area contributed by atoms with Crippen LogP contribution in [-0.2, 0) is 11.4 Å². The van der Waals surface area contributed by atoms with E-state index in [1.165, 1.54) is 10.5 Å². The molecule has 1 aromatic heterocycles. The summed E-state index contributed by atoms with van der Waals surface area (Å²) in [5.74, 6) is 1.25. The van der Waals surface area contributed by atoms with Crippen molar-refractivity contribution in [2.75, 3.05) is 26.7 Å². The second-order valence-electron chi connectivity index (χ2n) is 7.07. The highest BCUT2D eigenvalue weighted by molar-refractivity contribution is 5.94. The summed E-state index contributed by atoms with van der Waals surface area (Å²) in [6, 6.07) is 9.33. The first-order chi connectivity index (χ1) is 12.9. The van der Waals surface area contributed by atoms with Gasteiger partial charge in [0.05, 0.1) is 6.54 Å². The van der Waals surface area contributed by atoms with Gasteiger partial charge < -0.3 is 19.0 Å². The van der Waals surface area contributed by atoms with E-state index >= 15 is 0 Å². The maximum Gasteiger partial charge on any atom is 0.289 e. The molecule has 2 amide bonds. The van der Waals surface area contributed by atoms with E-state index in [1.807, 2.05) is 26.0 Å². The molecular formula is C21H26N2O4. The summed E-state index contributed by atoms with van der Waals surface area (Å²) in [7, 11) is 1.62. The number of hydrogen-bond acceptors (Lipinski definition) is 4. The third kappa shape index (κ3) is 4.70. The Morgan fingerprint density at radius 2 is 1.89 bits per heavy atom. The number of likely N-dealkylation sites (tertiary alicyclic amines) is 1. The topological polar surface area (TPSA) is 63.0 Å². The van der Waals surface area contributed by atoms with Gasteiger partial charge in [-0.2, -0.15) is 0 Å². The lowest BCUT2D eigenvalue weighted by atomic mass is 10.1. The smallest absolute Gasteiger partial charge is 0.289 e. The third-order valence-corrected chi connectivity index (χ3v) is 4.75. The molecule has 144 valence electrons. The Labute approximate surface area is 159 Å². The first-order valence-electron chi connectivity index (χ1n) is 9.26. The monoisotopic (exact) mass is 370 g/mol. The maximum absolute atomic E-state index is 12.5. The summed E-state index contributed by atoms with van der Waals surface area (Å²) < 4.78 is 11.4. The molecule has 0 unspecified atom stereocenters. The van der Waals surface area contributed by atoms with Crippen LogP contribution in [0.3, 0.4) is 0 Å². The van der Waals surface area contributed by atoms with E-state index in [2.05, 4.69) is 6.07 Å². The van der Waals surface area contributed by atoms with Gasteiger partial charge in [0.15, 0.2) is 5.76 Å². The van der Waals surface area contributed by atoms with E-state index in [1.54, 1.807) is 24.1 Å². The molecule has 0 radical (unpaired) electrons. The lowest BCUT2D eigenvalue weighted by molar-refractivity contribution is -0.130. The number of carbonyl (C=O) groups is 2. The summed E-state index contributed by atoms with van der Waals surface area (Å²) in [5.41, 5.74) is 2.23. The number of ether oxygens (including phenoxy) is 1. The van der Waals surface area contributed by atoms with E-state index in [-0.39, 0.29) is 30.7 Å². The fourth-order valence-electron chi connectivity index (χ4n) is 3.21. The molecular weight excluding hydrogens is 344 g/mol. The van der Waals surface area contributed by atoms with Crippen LogP contribution in [0.1, 0.15) is 40.3 Å². The Bertz CT molecular complexity index is 821. The van der Waals surface area contributed by atoms with Crippen LogP contribution in [0, 0.1) is 13.8 Å². The highest BCUT2D eigenvalue weighted by Crippen LogP contribution is 2.21. The average molecular weight is 370 g/mol. The van der Waals surface area contributed by atoms with Gasteiger partial charge in [-0.25, -0.2) is 0 Å². The zero-order valence-corrected chi connectivity index (χ0v) is 16.2. The molecule has 1 saturated heterocycles. The van der Waals surface area contributed by atoms with Crippen molar-refractivity contribution in [3.8, 4) is 5.75 Å². The van der Waals surface area contributed by atoms with Gasteiger partial charge in [0.1, 0.15) is 18.1 Å². The molecule has 27 heavy (non-hydrogen) atoms. The zero-order valence-electron chi connectivity index (χ0n) is 16.2. The molecule has 0 saturated carbocycles. The van der Waals surface area contributed by atoms with Crippen LogP contribution in [0.15, 0.2) is 34.7 Å². The van der Waals surface area contributed by atoms with E-state index < -0.39 is 0 Å². The molecule has 0 spiro atoms. The van der Waals surface area contributed by atoms with Crippen LogP contribution in [-0.4, -0.2) is 48.3 Å². The quantitative estimate of drug-likeness (QED) is 0.784. The normalized spacial score (nSPS) is 13.7. The summed E-state index contributed by atoms with van der Waals surface area (Å²) in [6.45, 7) is 5.89. The lowest BCUT2D eigenvalue weighted by Crippen LogP contribution is -2.39. The van der Waals surface area contributed by atoms with Crippen molar-refractivity contribution >= 4 is 11.8 Å². The fraction of sp³-hybridized carbons (Fsp3) is 0.429. The first kappa shape index (κ1) is 19.0. The van der Waals surface area contributed by atoms with Crippen molar-refractivity contribution in [2.24, 2.45) is 0 Å². The molecule has 2 aromatic rings. The predicted molar refractivity (Wildman–Crippen MR) is 102 cm³/mol. The Morgan fingerprint density at radius 1 is 1.15 bits per heavy atom. The minimum absolute atomic E-state index is 0.0201. The van der Waals surface area contributed by atoms with E-state index in [4.69, 9.17) is 9.15 Å². The largest absolute Gasteiger partial charge is 0.485 e. The van der Waals surface area contributed by atoms with Gasteiger partial charge in [-0.05, 0) is 50.5 Å². The summed E-state index contributed by atoms with van der Waals surface area (Å²) in [6.07, 6.45) is 2.07. The standard InChI is InChI=1S/C21H26N2O4/c1-15-6-8-18(16(2)12-15)26-14-17-7-9-19(27-17)21(25)22(3)13-20(24)23-10-4-5-11-23/h6-9,12H,4-5,10-11,13-14H2,1-3H3. The lowest BCUT2D eigenvalue weighted by Gasteiger charge is -2.20. The highest BCUT2D eigenvalue weighted by Gasteiger charge is 2.23. The number of furan rings is 1. The number of benzene rings is 1. The average Bonchev–Trinajstić information content (AvgIpc) is 3.32. The van der Waals surface area contributed by atoms with Gasteiger partial charge in [0, 0.05) is 20.1 Å². The van der Waals surface area contributed by atoms with Gasteiger partial charge in [-0.15, -0.1) is 0 Å². The van der Waals surface area contributed by atoms with Crippen molar-refractivity contribution < 1.29 is 18.7 Å². The van der Waals surface area contributed by atoms with Gasteiger partial charge >= 0.3 is 0 Å². The SMILES string of the molecule is Cc1ccc(OCc2ccc(C(=O)N(C)CC(=O)N3CCCC3)o2)c(C)c1. The Hall–Kier alpha value is -2.76. The zero-order chi connectivity index (χ0) is 19.4.